The summed E-state index contributed by atoms with van der Waals surface area (Å²) in [5.41, 5.74) is 0.142. The molecule has 1 fully saturated rings. The number of likely N-dealkylation sites (tertiary alicyclic amines) is 1. The molecule has 1 aromatic heterocycles. The Bertz CT molecular complexity index is 819. The predicted octanol–water partition coefficient (Wildman–Crippen LogP) is 1.81. The normalized spacial score (nSPS) is 16.3. The Labute approximate surface area is 157 Å². The van der Waals surface area contributed by atoms with Gasteiger partial charge in [0.2, 0.25) is 5.69 Å². The first kappa shape index (κ1) is 18.5. The summed E-state index contributed by atoms with van der Waals surface area (Å²) >= 11 is 0. The van der Waals surface area contributed by atoms with E-state index in [0.29, 0.717) is 18.8 Å². The van der Waals surface area contributed by atoms with Gasteiger partial charge in [0.05, 0.1) is 13.7 Å². The highest BCUT2D eigenvalue weighted by Gasteiger charge is 2.26. The number of nitriles is 1. The lowest BCUT2D eigenvalue weighted by Gasteiger charge is -2.32. The van der Waals surface area contributed by atoms with E-state index in [4.69, 9.17) is 19.5 Å². The van der Waals surface area contributed by atoms with Crippen molar-refractivity contribution in [3.8, 4) is 23.4 Å². The maximum absolute atomic E-state index is 12.5. The minimum absolute atomic E-state index is 0.0480. The van der Waals surface area contributed by atoms with Crippen LogP contribution in [0, 0.1) is 11.3 Å². The Morgan fingerprint density at radius 1 is 1.26 bits per heavy atom. The molecule has 140 valence electrons. The molecule has 0 spiro atoms. The summed E-state index contributed by atoms with van der Waals surface area (Å²) in [6, 6.07) is 9.02. The van der Waals surface area contributed by atoms with E-state index >= 15 is 0 Å². The first-order valence-corrected chi connectivity index (χ1v) is 8.62. The summed E-state index contributed by atoms with van der Waals surface area (Å²) in [5, 5.41) is 9.08. The summed E-state index contributed by atoms with van der Waals surface area (Å²) in [6.07, 6.45) is 4.28. The monoisotopic (exact) mass is 368 g/mol. The predicted molar refractivity (Wildman–Crippen MR) is 95.5 cm³/mol. The van der Waals surface area contributed by atoms with Crippen molar-refractivity contribution in [2.45, 2.75) is 18.9 Å². The van der Waals surface area contributed by atoms with Crippen molar-refractivity contribution in [1.29, 1.82) is 5.26 Å². The zero-order chi connectivity index (χ0) is 19.1. The summed E-state index contributed by atoms with van der Waals surface area (Å²) in [4.78, 5) is 22.2. The van der Waals surface area contributed by atoms with E-state index in [9.17, 15) is 4.79 Å². The Kier molecular flexibility index (Phi) is 6.05. The molecule has 0 aliphatic carbocycles. The molecule has 8 heteroatoms. The maximum Gasteiger partial charge on any atom is 0.260 e. The number of amides is 1. The molecule has 1 unspecified atom stereocenters. The van der Waals surface area contributed by atoms with Gasteiger partial charge in [-0.3, -0.25) is 4.79 Å². The zero-order valence-corrected chi connectivity index (χ0v) is 15.0. The minimum atomic E-state index is -0.229. The fourth-order valence-electron chi connectivity index (χ4n) is 2.82. The molecule has 0 saturated carbocycles. The molecule has 1 amide bonds. The molecule has 1 atom stereocenters. The molecule has 8 nitrogen and oxygen atoms in total. The third-order valence-electron chi connectivity index (χ3n) is 4.20. The van der Waals surface area contributed by atoms with Crippen molar-refractivity contribution in [3.63, 3.8) is 0 Å². The second-order valence-corrected chi connectivity index (χ2v) is 6.01. The maximum atomic E-state index is 12.5. The van der Waals surface area contributed by atoms with E-state index < -0.39 is 0 Å². The number of ether oxygens (including phenoxy) is 3. The van der Waals surface area contributed by atoms with Crippen LogP contribution in [0.4, 0.5) is 0 Å². The van der Waals surface area contributed by atoms with E-state index in [1.807, 2.05) is 6.07 Å². The van der Waals surface area contributed by atoms with Gasteiger partial charge in [-0.1, -0.05) is 0 Å². The van der Waals surface area contributed by atoms with Gasteiger partial charge in [-0.15, -0.1) is 0 Å². The molecule has 0 radical (unpaired) electrons. The average molecular weight is 368 g/mol. The van der Waals surface area contributed by atoms with Gasteiger partial charge < -0.3 is 19.1 Å². The van der Waals surface area contributed by atoms with Crippen LogP contribution in [-0.2, 0) is 4.79 Å². The van der Waals surface area contributed by atoms with Gasteiger partial charge in [0.15, 0.2) is 6.61 Å². The molecule has 2 aromatic rings. The van der Waals surface area contributed by atoms with Crippen molar-refractivity contribution in [1.82, 2.24) is 14.9 Å². The average Bonchev–Trinajstić information content (AvgIpc) is 2.73. The Morgan fingerprint density at radius 3 is 2.74 bits per heavy atom. The standard InChI is InChI=1S/C19H20N4O4/c1-25-14-4-6-15(7-5-14)26-13-18(24)23-10-2-3-16(12-23)27-19-17(11-20)21-8-9-22-19/h4-9,16H,2-3,10,12-13H2,1H3. The third kappa shape index (κ3) is 4.85. The number of hydrogen-bond donors (Lipinski definition) is 0. The van der Waals surface area contributed by atoms with Gasteiger partial charge in [0, 0.05) is 18.9 Å². The molecule has 2 heterocycles. The van der Waals surface area contributed by atoms with Crippen LogP contribution in [0.25, 0.3) is 0 Å². The summed E-state index contributed by atoms with van der Waals surface area (Å²) < 4.78 is 16.5. The quantitative estimate of drug-likeness (QED) is 0.767. The second kappa shape index (κ2) is 8.85. The van der Waals surface area contributed by atoms with Crippen molar-refractivity contribution < 1.29 is 19.0 Å². The third-order valence-corrected chi connectivity index (χ3v) is 4.20. The fraction of sp³-hybridized carbons (Fsp3) is 0.368. The Balaban J connectivity index is 1.53. The van der Waals surface area contributed by atoms with Crippen molar-refractivity contribution in [2.24, 2.45) is 0 Å². The van der Waals surface area contributed by atoms with Gasteiger partial charge in [-0.25, -0.2) is 9.97 Å². The summed E-state index contributed by atoms with van der Waals surface area (Å²) in [6.45, 7) is 1.02. The van der Waals surface area contributed by atoms with Crippen LogP contribution in [0.15, 0.2) is 36.7 Å². The van der Waals surface area contributed by atoms with E-state index in [2.05, 4.69) is 9.97 Å². The number of hydrogen-bond acceptors (Lipinski definition) is 7. The number of benzene rings is 1. The molecular formula is C19H20N4O4. The minimum Gasteiger partial charge on any atom is -0.497 e. The van der Waals surface area contributed by atoms with Crippen molar-refractivity contribution in [3.05, 3.63) is 42.4 Å². The lowest BCUT2D eigenvalue weighted by molar-refractivity contribution is -0.136. The Morgan fingerprint density at radius 2 is 2.00 bits per heavy atom. The molecule has 1 aromatic carbocycles. The largest absolute Gasteiger partial charge is 0.497 e. The van der Waals surface area contributed by atoms with E-state index in [0.717, 1.165) is 18.6 Å². The van der Waals surface area contributed by atoms with E-state index in [-0.39, 0.29) is 30.2 Å². The zero-order valence-electron chi connectivity index (χ0n) is 15.0. The summed E-state index contributed by atoms with van der Waals surface area (Å²) in [7, 11) is 1.59. The number of nitrogens with zero attached hydrogens (tertiary/aromatic N) is 4. The molecule has 3 rings (SSSR count). The highest BCUT2D eigenvalue weighted by Crippen LogP contribution is 2.20. The number of piperidine rings is 1. The highest BCUT2D eigenvalue weighted by molar-refractivity contribution is 5.77. The number of methoxy groups -OCH3 is 1. The van der Waals surface area contributed by atoms with Crippen LogP contribution < -0.4 is 14.2 Å². The number of rotatable bonds is 6. The van der Waals surface area contributed by atoms with Crippen LogP contribution >= 0.6 is 0 Å². The lowest BCUT2D eigenvalue weighted by atomic mass is 10.1. The first-order chi connectivity index (χ1) is 13.2. The second-order valence-electron chi connectivity index (χ2n) is 6.01. The smallest absolute Gasteiger partial charge is 0.260 e. The number of carbonyl (C=O) groups excluding carboxylic acids is 1. The van der Waals surface area contributed by atoms with Gasteiger partial charge in [-0.05, 0) is 37.1 Å². The summed E-state index contributed by atoms with van der Waals surface area (Å²) in [5.74, 6) is 1.42. The van der Waals surface area contributed by atoms with Crippen LogP contribution in [0.3, 0.4) is 0 Å². The molecule has 0 N–H and O–H groups in total. The molecule has 1 aliphatic rings. The topological polar surface area (TPSA) is 97.6 Å². The first-order valence-electron chi connectivity index (χ1n) is 8.62. The highest BCUT2D eigenvalue weighted by atomic mass is 16.5. The van der Waals surface area contributed by atoms with Crippen LogP contribution in [0.1, 0.15) is 18.5 Å². The fourth-order valence-corrected chi connectivity index (χ4v) is 2.82. The molecule has 1 aliphatic heterocycles. The van der Waals surface area contributed by atoms with Gasteiger partial charge in [0.1, 0.15) is 23.7 Å². The van der Waals surface area contributed by atoms with Crippen molar-refractivity contribution in [2.75, 3.05) is 26.8 Å². The van der Waals surface area contributed by atoms with Gasteiger partial charge >= 0.3 is 0 Å². The number of carbonyl (C=O) groups is 1. The lowest BCUT2D eigenvalue weighted by Crippen LogP contribution is -2.46. The molecular weight excluding hydrogens is 348 g/mol. The Hall–Kier alpha value is -3.34. The van der Waals surface area contributed by atoms with Crippen molar-refractivity contribution >= 4 is 5.91 Å². The molecule has 0 bridgehead atoms. The molecule has 1 saturated heterocycles. The van der Waals surface area contributed by atoms with E-state index in [1.165, 1.54) is 12.4 Å². The van der Waals surface area contributed by atoms with E-state index in [1.54, 1.807) is 36.3 Å². The van der Waals surface area contributed by atoms with Crippen LogP contribution in [-0.4, -0.2) is 53.7 Å². The number of aromatic nitrogens is 2. The molecule has 27 heavy (non-hydrogen) atoms. The van der Waals surface area contributed by atoms with Crippen LogP contribution in [0.5, 0.6) is 17.4 Å². The van der Waals surface area contributed by atoms with Crippen LogP contribution in [0.2, 0.25) is 0 Å². The van der Waals surface area contributed by atoms with Gasteiger partial charge in [-0.2, -0.15) is 5.26 Å². The SMILES string of the molecule is COc1ccc(OCC(=O)N2CCCC(Oc3nccnc3C#N)C2)cc1. The van der Waals surface area contributed by atoms with Gasteiger partial charge in [0.25, 0.3) is 11.8 Å².